The van der Waals surface area contributed by atoms with E-state index in [1.807, 2.05) is 12.1 Å². The molecule has 1 amide bonds. The summed E-state index contributed by atoms with van der Waals surface area (Å²) in [5.74, 6) is 2.31. The third kappa shape index (κ3) is 3.21. The molecule has 0 radical (unpaired) electrons. The van der Waals surface area contributed by atoms with Crippen molar-refractivity contribution in [2.45, 2.75) is 39.2 Å². The van der Waals surface area contributed by atoms with Gasteiger partial charge in [-0.2, -0.15) is 0 Å². The first-order chi connectivity index (χ1) is 10.1. The van der Waals surface area contributed by atoms with E-state index in [1.165, 1.54) is 24.8 Å². The summed E-state index contributed by atoms with van der Waals surface area (Å²) in [5.41, 5.74) is 1.97. The Bertz CT molecular complexity index is 530. The number of nitrogens with one attached hydrogen (secondary N) is 2. The van der Waals surface area contributed by atoms with Gasteiger partial charge >= 0.3 is 0 Å². The third-order valence-corrected chi connectivity index (χ3v) is 4.86. The number of carbonyl (C=O) groups is 1. The Morgan fingerprint density at radius 3 is 3.05 bits per heavy atom. The zero-order valence-electron chi connectivity index (χ0n) is 12.8. The van der Waals surface area contributed by atoms with Crippen LogP contribution >= 0.6 is 0 Å². The fourth-order valence-corrected chi connectivity index (χ4v) is 3.34. The Labute approximate surface area is 126 Å². The predicted molar refractivity (Wildman–Crippen MR) is 83.5 cm³/mol. The van der Waals surface area contributed by atoms with Crippen molar-refractivity contribution in [1.29, 1.82) is 0 Å². The molecule has 1 aliphatic carbocycles. The van der Waals surface area contributed by atoms with Crippen LogP contribution in [0.25, 0.3) is 0 Å². The number of hydrogen-bond donors (Lipinski definition) is 2. The fraction of sp³-hybridized carbons (Fsp3) is 0.588. The summed E-state index contributed by atoms with van der Waals surface area (Å²) < 4.78 is 5.39. The highest BCUT2D eigenvalue weighted by Gasteiger charge is 2.24. The maximum atomic E-state index is 11.4. The summed E-state index contributed by atoms with van der Waals surface area (Å²) in [6.07, 6.45) is 4.07. The van der Waals surface area contributed by atoms with E-state index in [-0.39, 0.29) is 18.6 Å². The minimum Gasteiger partial charge on any atom is -0.482 e. The Hall–Kier alpha value is -1.55. The molecule has 114 valence electrons. The van der Waals surface area contributed by atoms with Gasteiger partial charge in [0, 0.05) is 6.04 Å². The molecule has 1 aromatic rings. The van der Waals surface area contributed by atoms with Crippen LogP contribution in [0.5, 0.6) is 5.75 Å². The second-order valence-corrected chi connectivity index (χ2v) is 6.39. The average molecular weight is 288 g/mol. The summed E-state index contributed by atoms with van der Waals surface area (Å²) in [4.78, 5) is 11.4. The van der Waals surface area contributed by atoms with E-state index >= 15 is 0 Å². The van der Waals surface area contributed by atoms with E-state index in [4.69, 9.17) is 4.74 Å². The number of rotatable bonds is 4. The lowest BCUT2D eigenvalue weighted by atomic mass is 9.97. The largest absolute Gasteiger partial charge is 0.482 e. The van der Waals surface area contributed by atoms with Gasteiger partial charge in [0.05, 0.1) is 5.69 Å². The Kier molecular flexibility index (Phi) is 4.15. The van der Waals surface area contributed by atoms with Crippen molar-refractivity contribution < 1.29 is 9.53 Å². The summed E-state index contributed by atoms with van der Waals surface area (Å²) in [6, 6.07) is 6.32. The van der Waals surface area contributed by atoms with E-state index in [9.17, 15) is 4.79 Å². The maximum absolute atomic E-state index is 11.4. The second kappa shape index (κ2) is 6.06. The molecule has 0 bridgehead atoms. The standard InChI is InChI=1S/C17H24N2O2/c1-11-4-3-5-14(11)9-18-12(2)13-6-7-16-15(8-13)19-17(20)10-21-16/h6-8,11-12,14,18H,3-5,9-10H2,1-2H3,(H,19,20). The van der Waals surface area contributed by atoms with Crippen LogP contribution in [0.4, 0.5) is 5.69 Å². The van der Waals surface area contributed by atoms with Crippen molar-refractivity contribution in [3.63, 3.8) is 0 Å². The zero-order chi connectivity index (χ0) is 14.8. The highest BCUT2D eigenvalue weighted by Crippen LogP contribution is 2.32. The minimum absolute atomic E-state index is 0.0833. The number of anilines is 1. The van der Waals surface area contributed by atoms with Gasteiger partial charge in [0.1, 0.15) is 5.75 Å². The molecule has 4 nitrogen and oxygen atoms in total. The van der Waals surface area contributed by atoms with Gasteiger partial charge in [-0.15, -0.1) is 0 Å². The van der Waals surface area contributed by atoms with Crippen molar-refractivity contribution in [3.8, 4) is 5.75 Å². The molecule has 3 rings (SSSR count). The van der Waals surface area contributed by atoms with Gasteiger partial charge in [-0.3, -0.25) is 4.79 Å². The first-order valence-electron chi connectivity index (χ1n) is 7.93. The first-order valence-corrected chi connectivity index (χ1v) is 7.93. The lowest BCUT2D eigenvalue weighted by molar-refractivity contribution is -0.118. The van der Waals surface area contributed by atoms with E-state index < -0.39 is 0 Å². The molecule has 1 heterocycles. The molecule has 2 aliphatic rings. The van der Waals surface area contributed by atoms with Gasteiger partial charge in [0.2, 0.25) is 0 Å². The number of carbonyl (C=O) groups excluding carboxylic acids is 1. The Balaban J connectivity index is 1.63. The molecule has 1 aromatic carbocycles. The maximum Gasteiger partial charge on any atom is 0.262 e. The smallest absolute Gasteiger partial charge is 0.262 e. The van der Waals surface area contributed by atoms with E-state index in [0.29, 0.717) is 0 Å². The average Bonchev–Trinajstić information content (AvgIpc) is 2.89. The highest BCUT2D eigenvalue weighted by atomic mass is 16.5. The van der Waals surface area contributed by atoms with Crippen LogP contribution in [0.2, 0.25) is 0 Å². The van der Waals surface area contributed by atoms with Crippen molar-refractivity contribution in [2.24, 2.45) is 11.8 Å². The molecule has 21 heavy (non-hydrogen) atoms. The summed E-state index contributed by atoms with van der Waals surface area (Å²) in [7, 11) is 0. The number of fused-ring (bicyclic) bond motifs is 1. The van der Waals surface area contributed by atoms with Crippen molar-refractivity contribution in [2.75, 3.05) is 18.5 Å². The molecule has 1 saturated carbocycles. The third-order valence-electron chi connectivity index (χ3n) is 4.86. The number of amides is 1. The molecule has 3 atom stereocenters. The van der Waals surface area contributed by atoms with E-state index in [0.717, 1.165) is 29.8 Å². The summed E-state index contributed by atoms with van der Waals surface area (Å²) in [6.45, 7) is 5.71. The Morgan fingerprint density at radius 1 is 1.43 bits per heavy atom. The van der Waals surface area contributed by atoms with Crippen molar-refractivity contribution in [3.05, 3.63) is 23.8 Å². The van der Waals surface area contributed by atoms with Crippen LogP contribution in [-0.2, 0) is 4.79 Å². The van der Waals surface area contributed by atoms with Crippen LogP contribution in [-0.4, -0.2) is 19.1 Å². The molecule has 0 saturated heterocycles. The molecule has 0 spiro atoms. The molecular weight excluding hydrogens is 264 g/mol. The predicted octanol–water partition coefficient (Wildman–Crippen LogP) is 3.10. The molecule has 0 aromatic heterocycles. The van der Waals surface area contributed by atoms with E-state index in [2.05, 4.69) is 30.5 Å². The van der Waals surface area contributed by atoms with E-state index in [1.54, 1.807) is 0 Å². The van der Waals surface area contributed by atoms with Gasteiger partial charge in [-0.25, -0.2) is 0 Å². The van der Waals surface area contributed by atoms with Gasteiger partial charge in [0.15, 0.2) is 6.61 Å². The summed E-state index contributed by atoms with van der Waals surface area (Å²) in [5, 5.41) is 6.50. The first kappa shape index (κ1) is 14.4. The zero-order valence-corrected chi connectivity index (χ0v) is 12.8. The fourth-order valence-electron chi connectivity index (χ4n) is 3.34. The highest BCUT2D eigenvalue weighted by molar-refractivity contribution is 5.95. The Morgan fingerprint density at radius 2 is 2.29 bits per heavy atom. The lowest BCUT2D eigenvalue weighted by Gasteiger charge is -2.23. The molecular formula is C17H24N2O2. The second-order valence-electron chi connectivity index (χ2n) is 6.39. The molecule has 1 aliphatic heterocycles. The molecule has 3 unspecified atom stereocenters. The minimum atomic E-state index is -0.0833. The number of hydrogen-bond acceptors (Lipinski definition) is 3. The molecule has 4 heteroatoms. The van der Waals surface area contributed by atoms with Crippen LogP contribution in [0.15, 0.2) is 18.2 Å². The van der Waals surface area contributed by atoms with Crippen molar-refractivity contribution >= 4 is 11.6 Å². The SMILES string of the molecule is CC(NCC1CCCC1C)c1ccc2c(c1)NC(=O)CO2. The van der Waals surface area contributed by atoms with Crippen LogP contribution < -0.4 is 15.4 Å². The van der Waals surface area contributed by atoms with Crippen LogP contribution in [0.3, 0.4) is 0 Å². The van der Waals surface area contributed by atoms with Gasteiger partial charge in [-0.05, 0) is 49.4 Å². The quantitative estimate of drug-likeness (QED) is 0.895. The number of ether oxygens (including phenoxy) is 1. The molecule has 2 N–H and O–H groups in total. The van der Waals surface area contributed by atoms with Crippen LogP contribution in [0, 0.1) is 11.8 Å². The van der Waals surface area contributed by atoms with Gasteiger partial charge in [-0.1, -0.05) is 25.8 Å². The monoisotopic (exact) mass is 288 g/mol. The van der Waals surface area contributed by atoms with Crippen LogP contribution in [0.1, 0.15) is 44.7 Å². The van der Waals surface area contributed by atoms with Gasteiger partial charge < -0.3 is 15.4 Å². The summed E-state index contributed by atoms with van der Waals surface area (Å²) >= 11 is 0. The topological polar surface area (TPSA) is 50.4 Å². The van der Waals surface area contributed by atoms with Crippen molar-refractivity contribution in [1.82, 2.24) is 5.32 Å². The lowest BCUT2D eigenvalue weighted by Crippen LogP contribution is -2.28. The van der Waals surface area contributed by atoms with Gasteiger partial charge in [0.25, 0.3) is 5.91 Å². The number of benzene rings is 1. The normalized spacial score (nSPS) is 25.9. The molecule has 1 fully saturated rings.